The quantitative estimate of drug-likeness (QED) is 0.921. The second-order valence-corrected chi connectivity index (χ2v) is 6.48. The Labute approximate surface area is 127 Å². The molecule has 0 aliphatic carbocycles. The fourth-order valence-electron chi connectivity index (χ4n) is 2.64. The van der Waals surface area contributed by atoms with Crippen LogP contribution in [0.4, 0.5) is 0 Å². The number of nitrogens with zero attached hydrogens (tertiary/aromatic N) is 3. The average Bonchev–Trinajstić information content (AvgIpc) is 3.03. The summed E-state index contributed by atoms with van der Waals surface area (Å²) in [6, 6.07) is 4.22. The van der Waals surface area contributed by atoms with E-state index in [0.717, 1.165) is 31.9 Å². The third-order valence-corrected chi connectivity index (χ3v) is 4.87. The van der Waals surface area contributed by atoms with Gasteiger partial charge in [0.05, 0.1) is 24.4 Å². The first-order valence-electron chi connectivity index (χ1n) is 7.14. The van der Waals surface area contributed by atoms with Crippen LogP contribution in [0.25, 0.3) is 0 Å². The minimum Gasteiger partial charge on any atom is -0.481 e. The Bertz CT molecular complexity index is 647. The van der Waals surface area contributed by atoms with Crippen LogP contribution in [0.2, 0.25) is 0 Å². The first-order valence-corrected chi connectivity index (χ1v) is 8.02. The molecule has 0 saturated carbocycles. The van der Waals surface area contributed by atoms with Crippen molar-refractivity contribution in [2.24, 2.45) is 0 Å². The SMILES string of the molecule is Cc1ccsc1CN1CCn2nc(CCC(=O)O)cc2C1. The Morgan fingerprint density at radius 1 is 1.48 bits per heavy atom. The van der Waals surface area contributed by atoms with E-state index in [-0.39, 0.29) is 6.42 Å². The maximum Gasteiger partial charge on any atom is 0.303 e. The van der Waals surface area contributed by atoms with Gasteiger partial charge in [0.1, 0.15) is 0 Å². The van der Waals surface area contributed by atoms with E-state index in [1.807, 2.05) is 16.0 Å². The van der Waals surface area contributed by atoms with Crippen molar-refractivity contribution in [3.05, 3.63) is 39.3 Å². The van der Waals surface area contributed by atoms with Crippen molar-refractivity contribution in [1.82, 2.24) is 14.7 Å². The van der Waals surface area contributed by atoms with Gasteiger partial charge in [-0.25, -0.2) is 0 Å². The second-order valence-electron chi connectivity index (χ2n) is 5.48. The van der Waals surface area contributed by atoms with Crippen molar-refractivity contribution in [1.29, 1.82) is 0 Å². The van der Waals surface area contributed by atoms with E-state index in [1.165, 1.54) is 16.1 Å². The van der Waals surface area contributed by atoms with Crippen molar-refractivity contribution in [2.45, 2.75) is 39.4 Å². The summed E-state index contributed by atoms with van der Waals surface area (Å²) >= 11 is 1.81. The third kappa shape index (κ3) is 3.33. The van der Waals surface area contributed by atoms with Gasteiger partial charge in [0, 0.05) is 30.9 Å². The van der Waals surface area contributed by atoms with E-state index < -0.39 is 5.97 Å². The van der Waals surface area contributed by atoms with E-state index in [0.29, 0.717) is 6.42 Å². The van der Waals surface area contributed by atoms with E-state index in [9.17, 15) is 4.79 Å². The number of aliphatic carboxylic acids is 1. The number of fused-ring (bicyclic) bond motifs is 1. The van der Waals surface area contributed by atoms with Crippen molar-refractivity contribution in [3.8, 4) is 0 Å². The minimum absolute atomic E-state index is 0.147. The van der Waals surface area contributed by atoms with Crippen LogP contribution in [-0.4, -0.2) is 32.3 Å². The zero-order valence-corrected chi connectivity index (χ0v) is 12.9. The number of aryl methyl sites for hydroxylation is 2. The zero-order chi connectivity index (χ0) is 14.8. The molecule has 5 nitrogen and oxygen atoms in total. The van der Waals surface area contributed by atoms with Crippen LogP contribution < -0.4 is 0 Å². The normalized spacial score (nSPS) is 15.1. The van der Waals surface area contributed by atoms with E-state index >= 15 is 0 Å². The average molecular weight is 305 g/mol. The second kappa shape index (κ2) is 5.99. The molecule has 1 aliphatic heterocycles. The van der Waals surface area contributed by atoms with Gasteiger partial charge in [-0.2, -0.15) is 5.10 Å². The first-order chi connectivity index (χ1) is 10.1. The molecule has 112 valence electrons. The molecular formula is C15H19N3O2S. The van der Waals surface area contributed by atoms with Gasteiger partial charge < -0.3 is 5.11 Å². The molecule has 0 aromatic carbocycles. The summed E-state index contributed by atoms with van der Waals surface area (Å²) in [6.45, 7) is 5.90. The zero-order valence-electron chi connectivity index (χ0n) is 12.1. The van der Waals surface area contributed by atoms with Crippen molar-refractivity contribution in [3.63, 3.8) is 0 Å². The summed E-state index contributed by atoms with van der Waals surface area (Å²) in [4.78, 5) is 14.5. The molecule has 0 atom stereocenters. The predicted molar refractivity (Wildman–Crippen MR) is 81.4 cm³/mol. The fourth-order valence-corrected chi connectivity index (χ4v) is 3.59. The number of rotatable bonds is 5. The summed E-state index contributed by atoms with van der Waals surface area (Å²) < 4.78 is 2.02. The number of carbonyl (C=O) groups is 1. The van der Waals surface area contributed by atoms with Crippen LogP contribution in [-0.2, 0) is 30.8 Å². The first kappa shape index (κ1) is 14.3. The molecule has 1 aliphatic rings. The number of carboxylic acids is 1. The number of aromatic nitrogens is 2. The molecule has 0 spiro atoms. The van der Waals surface area contributed by atoms with Crippen LogP contribution in [0, 0.1) is 6.92 Å². The highest BCUT2D eigenvalue weighted by Gasteiger charge is 2.19. The van der Waals surface area contributed by atoms with Gasteiger partial charge in [-0.1, -0.05) is 0 Å². The smallest absolute Gasteiger partial charge is 0.303 e. The Morgan fingerprint density at radius 2 is 2.33 bits per heavy atom. The molecule has 0 unspecified atom stereocenters. The lowest BCUT2D eigenvalue weighted by molar-refractivity contribution is -0.136. The van der Waals surface area contributed by atoms with E-state index in [2.05, 4.69) is 34.4 Å². The number of thiophene rings is 1. The Balaban J connectivity index is 1.65. The Kier molecular flexibility index (Phi) is 4.07. The third-order valence-electron chi connectivity index (χ3n) is 3.86. The molecule has 3 rings (SSSR count). The van der Waals surface area contributed by atoms with Gasteiger partial charge in [0.2, 0.25) is 0 Å². The molecule has 0 amide bonds. The summed E-state index contributed by atoms with van der Waals surface area (Å²) in [5.74, 6) is -0.768. The molecule has 2 aromatic rings. The molecule has 21 heavy (non-hydrogen) atoms. The highest BCUT2D eigenvalue weighted by Crippen LogP contribution is 2.21. The van der Waals surface area contributed by atoms with Gasteiger partial charge in [0.25, 0.3) is 0 Å². The lowest BCUT2D eigenvalue weighted by Crippen LogP contribution is -2.33. The molecule has 0 radical (unpaired) electrons. The lowest BCUT2D eigenvalue weighted by Gasteiger charge is -2.27. The standard InChI is InChI=1S/C15H19N3O2S/c1-11-4-7-21-14(11)10-17-5-6-18-13(9-17)8-12(16-18)2-3-15(19)20/h4,7-8H,2-3,5-6,9-10H2,1H3,(H,19,20). The van der Waals surface area contributed by atoms with Crippen LogP contribution >= 0.6 is 11.3 Å². The Hall–Kier alpha value is -1.66. The molecule has 0 fully saturated rings. The molecule has 6 heteroatoms. The maximum absolute atomic E-state index is 10.6. The van der Waals surface area contributed by atoms with Gasteiger partial charge in [0.15, 0.2) is 0 Å². The van der Waals surface area contributed by atoms with Crippen LogP contribution in [0.1, 0.15) is 28.2 Å². The van der Waals surface area contributed by atoms with Gasteiger partial charge in [-0.15, -0.1) is 11.3 Å². The lowest BCUT2D eigenvalue weighted by atomic mass is 10.2. The molecule has 3 heterocycles. The maximum atomic E-state index is 10.6. The van der Waals surface area contributed by atoms with E-state index in [1.54, 1.807) is 0 Å². The highest BCUT2D eigenvalue weighted by molar-refractivity contribution is 7.10. The summed E-state index contributed by atoms with van der Waals surface area (Å²) in [7, 11) is 0. The molecular weight excluding hydrogens is 286 g/mol. The van der Waals surface area contributed by atoms with Crippen molar-refractivity contribution < 1.29 is 9.90 Å². The van der Waals surface area contributed by atoms with Gasteiger partial charge in [-0.05, 0) is 30.0 Å². The number of hydrogen-bond acceptors (Lipinski definition) is 4. The van der Waals surface area contributed by atoms with Gasteiger partial charge >= 0.3 is 5.97 Å². The van der Waals surface area contributed by atoms with E-state index in [4.69, 9.17) is 5.11 Å². The molecule has 2 aromatic heterocycles. The molecule has 1 N–H and O–H groups in total. The molecule has 0 saturated heterocycles. The summed E-state index contributed by atoms with van der Waals surface area (Å²) in [5, 5.41) is 15.4. The van der Waals surface area contributed by atoms with Crippen molar-refractivity contribution >= 4 is 17.3 Å². The number of hydrogen-bond donors (Lipinski definition) is 1. The topological polar surface area (TPSA) is 58.4 Å². The highest BCUT2D eigenvalue weighted by atomic mass is 32.1. The summed E-state index contributed by atoms with van der Waals surface area (Å²) in [5.41, 5.74) is 3.44. The minimum atomic E-state index is -0.768. The summed E-state index contributed by atoms with van der Waals surface area (Å²) in [6.07, 6.45) is 0.661. The number of carboxylic acid groups (broad SMARTS) is 1. The Morgan fingerprint density at radius 3 is 3.05 bits per heavy atom. The van der Waals surface area contributed by atoms with Crippen LogP contribution in [0.15, 0.2) is 17.5 Å². The van der Waals surface area contributed by atoms with Crippen LogP contribution in [0.3, 0.4) is 0 Å². The van der Waals surface area contributed by atoms with Crippen LogP contribution in [0.5, 0.6) is 0 Å². The van der Waals surface area contributed by atoms with Crippen molar-refractivity contribution in [2.75, 3.05) is 6.54 Å². The molecule has 0 bridgehead atoms. The van der Waals surface area contributed by atoms with Gasteiger partial charge in [-0.3, -0.25) is 14.4 Å². The fraction of sp³-hybridized carbons (Fsp3) is 0.467. The monoisotopic (exact) mass is 305 g/mol. The predicted octanol–water partition coefficient (Wildman–Crippen LogP) is 2.29. The largest absolute Gasteiger partial charge is 0.481 e.